The number of aliphatic hydroxyl groups excluding tert-OH is 1. The Bertz CT molecular complexity index is 1370. The molecule has 9 heteroatoms. The number of hydrogen-bond donors (Lipinski definition) is 4. The summed E-state index contributed by atoms with van der Waals surface area (Å²) in [5.74, 6) is -0.922. The molecule has 33 heavy (non-hydrogen) atoms. The molecular formula is C24H20N6O3. The zero-order chi connectivity index (χ0) is 23.8. The highest BCUT2D eigenvalue weighted by Gasteiger charge is 2.36. The minimum absolute atomic E-state index is 0.0146. The first-order chi connectivity index (χ1) is 15.8. The highest BCUT2D eigenvalue weighted by Crippen LogP contribution is 2.41. The summed E-state index contributed by atoms with van der Waals surface area (Å²) in [4.78, 5) is 20.3. The lowest BCUT2D eigenvalue weighted by molar-refractivity contribution is 0.0696. The van der Waals surface area contributed by atoms with E-state index in [-0.39, 0.29) is 23.7 Å². The van der Waals surface area contributed by atoms with Crippen molar-refractivity contribution in [3.8, 4) is 23.4 Å². The predicted molar refractivity (Wildman–Crippen MR) is 121 cm³/mol. The smallest absolute Gasteiger partial charge is 0.336 e. The van der Waals surface area contributed by atoms with Crippen LogP contribution in [0, 0.1) is 29.6 Å². The topological polar surface area (TPSA) is 155 Å². The molecule has 2 aromatic carbocycles. The van der Waals surface area contributed by atoms with Gasteiger partial charge in [-0.15, -0.1) is 0 Å². The van der Waals surface area contributed by atoms with Crippen molar-refractivity contribution in [2.24, 2.45) is 0 Å². The summed E-state index contributed by atoms with van der Waals surface area (Å²) in [6, 6.07) is 12.4. The Morgan fingerprint density at radius 3 is 2.73 bits per heavy atom. The van der Waals surface area contributed by atoms with Crippen molar-refractivity contribution in [1.82, 2.24) is 9.97 Å². The van der Waals surface area contributed by atoms with E-state index in [1.54, 1.807) is 31.3 Å². The average Bonchev–Trinajstić information content (AvgIpc) is 3.17. The lowest BCUT2D eigenvalue weighted by Crippen LogP contribution is -2.28. The molecule has 0 fully saturated rings. The van der Waals surface area contributed by atoms with Crippen molar-refractivity contribution in [1.29, 1.82) is 10.5 Å². The summed E-state index contributed by atoms with van der Waals surface area (Å²) in [6.45, 7) is 4.01. The van der Waals surface area contributed by atoms with Crippen LogP contribution in [-0.2, 0) is 5.41 Å². The number of carbonyl (C=O) groups is 1. The molecule has 0 spiro atoms. The van der Waals surface area contributed by atoms with Crippen LogP contribution in [0.25, 0.3) is 11.3 Å². The molecule has 0 saturated carbocycles. The SMILES string of the molecule is Cc1c(Nc2nccc(-c3cc(C#N)c4c(c3)[C@@](C)(CO)CN4)n2)cc(C#N)cc1C(=O)O. The fourth-order valence-corrected chi connectivity index (χ4v) is 3.90. The fourth-order valence-electron chi connectivity index (χ4n) is 3.90. The molecule has 2 heterocycles. The van der Waals surface area contributed by atoms with Crippen LogP contribution in [-0.4, -0.2) is 39.3 Å². The van der Waals surface area contributed by atoms with Gasteiger partial charge in [0, 0.05) is 29.4 Å². The molecule has 1 aliphatic heterocycles. The minimum atomic E-state index is -1.13. The number of nitrogens with zero attached hydrogens (tertiary/aromatic N) is 4. The molecule has 0 radical (unpaired) electrons. The van der Waals surface area contributed by atoms with Crippen LogP contribution in [0.1, 0.15) is 39.5 Å². The Labute approximate surface area is 190 Å². The molecule has 0 aliphatic carbocycles. The van der Waals surface area contributed by atoms with Crippen molar-refractivity contribution in [2.75, 3.05) is 23.8 Å². The maximum Gasteiger partial charge on any atom is 0.336 e. The van der Waals surface area contributed by atoms with E-state index in [4.69, 9.17) is 0 Å². The number of hydrogen-bond acceptors (Lipinski definition) is 8. The van der Waals surface area contributed by atoms with E-state index in [1.165, 1.54) is 6.07 Å². The molecule has 164 valence electrons. The minimum Gasteiger partial charge on any atom is -0.478 e. The van der Waals surface area contributed by atoms with E-state index in [1.807, 2.05) is 19.1 Å². The summed E-state index contributed by atoms with van der Waals surface area (Å²) in [7, 11) is 0. The number of carboxylic acids is 1. The first-order valence-electron chi connectivity index (χ1n) is 10.1. The quantitative estimate of drug-likeness (QED) is 0.467. The predicted octanol–water partition coefficient (Wildman–Crippen LogP) is 3.31. The molecule has 4 N–H and O–H groups in total. The van der Waals surface area contributed by atoms with Crippen molar-refractivity contribution in [3.63, 3.8) is 0 Å². The third-order valence-electron chi connectivity index (χ3n) is 5.88. The second-order valence-corrected chi connectivity index (χ2v) is 8.13. The zero-order valence-corrected chi connectivity index (χ0v) is 18.0. The van der Waals surface area contributed by atoms with Gasteiger partial charge >= 0.3 is 5.97 Å². The lowest BCUT2D eigenvalue weighted by Gasteiger charge is -2.21. The van der Waals surface area contributed by atoms with Gasteiger partial charge in [-0.1, -0.05) is 6.92 Å². The Morgan fingerprint density at radius 1 is 1.27 bits per heavy atom. The molecule has 1 atom stereocenters. The molecule has 3 aromatic rings. The van der Waals surface area contributed by atoms with Gasteiger partial charge in [0.15, 0.2) is 0 Å². The standard InChI is InChI=1S/C24H20N6O3/c1-13-17(22(32)33)5-14(9-25)6-20(13)30-23-27-4-3-19(29-23)15-7-16(10-26)21-18(8-15)24(2,12-31)11-28-21/h3-8,28,31H,11-12H2,1-2H3,(H,32,33)(H,27,29,30)/t24-/m1/s1. The Kier molecular flexibility index (Phi) is 5.42. The van der Waals surface area contributed by atoms with Gasteiger partial charge in [0.2, 0.25) is 5.95 Å². The van der Waals surface area contributed by atoms with Crippen LogP contribution in [0.3, 0.4) is 0 Å². The number of anilines is 3. The maximum atomic E-state index is 11.5. The van der Waals surface area contributed by atoms with Gasteiger partial charge in [0.05, 0.1) is 40.7 Å². The third-order valence-corrected chi connectivity index (χ3v) is 5.88. The molecule has 0 unspecified atom stereocenters. The van der Waals surface area contributed by atoms with Gasteiger partial charge in [-0.25, -0.2) is 14.8 Å². The van der Waals surface area contributed by atoms with Gasteiger partial charge < -0.3 is 20.8 Å². The molecule has 1 aromatic heterocycles. The fraction of sp³-hybridized carbons (Fsp3) is 0.208. The van der Waals surface area contributed by atoms with E-state index >= 15 is 0 Å². The number of rotatable bonds is 5. The van der Waals surface area contributed by atoms with Crippen LogP contribution < -0.4 is 10.6 Å². The summed E-state index contributed by atoms with van der Waals surface area (Å²) in [6.07, 6.45) is 1.55. The van der Waals surface area contributed by atoms with E-state index in [9.17, 15) is 25.5 Å². The normalized spacial score (nSPS) is 16.3. The molecule has 4 rings (SSSR count). The van der Waals surface area contributed by atoms with Gasteiger partial charge in [-0.2, -0.15) is 10.5 Å². The third kappa shape index (κ3) is 3.82. The number of fused-ring (bicyclic) bond motifs is 1. The maximum absolute atomic E-state index is 11.5. The van der Waals surface area contributed by atoms with E-state index in [2.05, 4.69) is 26.7 Å². The van der Waals surface area contributed by atoms with E-state index < -0.39 is 11.4 Å². The molecule has 0 amide bonds. The van der Waals surface area contributed by atoms with E-state index in [0.29, 0.717) is 34.6 Å². The van der Waals surface area contributed by atoms with Crippen LogP contribution in [0.4, 0.5) is 17.3 Å². The van der Waals surface area contributed by atoms with Gasteiger partial charge in [-0.05, 0) is 48.4 Å². The summed E-state index contributed by atoms with van der Waals surface area (Å²) >= 11 is 0. The van der Waals surface area contributed by atoms with Crippen LogP contribution in [0.5, 0.6) is 0 Å². The number of benzene rings is 2. The number of carboxylic acid groups (broad SMARTS) is 1. The second-order valence-electron chi connectivity index (χ2n) is 8.13. The van der Waals surface area contributed by atoms with Crippen molar-refractivity contribution in [2.45, 2.75) is 19.3 Å². The van der Waals surface area contributed by atoms with Crippen LogP contribution >= 0.6 is 0 Å². The first-order valence-corrected chi connectivity index (χ1v) is 10.1. The molecule has 1 aliphatic rings. The second kappa shape index (κ2) is 8.23. The number of aromatic carboxylic acids is 1. The van der Waals surface area contributed by atoms with Crippen molar-refractivity contribution in [3.05, 3.63) is 64.3 Å². The largest absolute Gasteiger partial charge is 0.478 e. The Hall–Kier alpha value is -4.47. The molecule has 0 saturated heterocycles. The first kappa shape index (κ1) is 21.8. The van der Waals surface area contributed by atoms with Gasteiger partial charge in [0.25, 0.3) is 0 Å². The average molecular weight is 440 g/mol. The van der Waals surface area contributed by atoms with E-state index in [0.717, 1.165) is 11.3 Å². The Morgan fingerprint density at radius 2 is 2.06 bits per heavy atom. The summed E-state index contributed by atoms with van der Waals surface area (Å²) in [5.41, 5.74) is 3.80. The van der Waals surface area contributed by atoms with Crippen molar-refractivity contribution < 1.29 is 15.0 Å². The highest BCUT2D eigenvalue weighted by atomic mass is 16.4. The molecule has 0 bridgehead atoms. The number of aliphatic hydroxyl groups is 1. The Balaban J connectivity index is 1.76. The number of nitrogens with one attached hydrogen (secondary N) is 2. The van der Waals surface area contributed by atoms with Gasteiger partial charge in [-0.3, -0.25) is 0 Å². The van der Waals surface area contributed by atoms with Gasteiger partial charge in [0.1, 0.15) is 6.07 Å². The zero-order valence-electron chi connectivity index (χ0n) is 18.0. The lowest BCUT2D eigenvalue weighted by atomic mass is 9.83. The molecular weight excluding hydrogens is 420 g/mol. The summed E-state index contributed by atoms with van der Waals surface area (Å²) < 4.78 is 0. The van der Waals surface area contributed by atoms with Crippen molar-refractivity contribution >= 4 is 23.3 Å². The number of aromatic nitrogens is 2. The van der Waals surface area contributed by atoms with Crippen LogP contribution in [0.15, 0.2) is 36.5 Å². The highest BCUT2D eigenvalue weighted by molar-refractivity contribution is 5.92. The molecule has 9 nitrogen and oxygen atoms in total. The number of nitriles is 2. The van der Waals surface area contributed by atoms with Crippen LogP contribution in [0.2, 0.25) is 0 Å². The monoisotopic (exact) mass is 440 g/mol. The summed E-state index contributed by atoms with van der Waals surface area (Å²) in [5, 5.41) is 44.5.